The molecule has 238 valence electrons. The molecule has 3 rings (SSSR count). The highest BCUT2D eigenvalue weighted by atomic mass is 19.4. The number of rotatable bonds is 6. The Morgan fingerprint density at radius 3 is 1.98 bits per heavy atom. The number of alkyl halides is 9. The fraction of sp³-hybridized carbons (Fsp3) is 0.500. The molecule has 0 bridgehead atoms. The van der Waals surface area contributed by atoms with E-state index in [-0.39, 0.29) is 23.9 Å². The number of para-hydroxylation sites is 1. The third kappa shape index (κ3) is 7.29. The van der Waals surface area contributed by atoms with Crippen molar-refractivity contribution >= 4 is 17.9 Å². The molecule has 43 heavy (non-hydrogen) atoms. The molecule has 0 spiro atoms. The van der Waals surface area contributed by atoms with Gasteiger partial charge in [0.15, 0.2) is 0 Å². The highest BCUT2D eigenvalue weighted by molar-refractivity contribution is 5.90. The van der Waals surface area contributed by atoms with E-state index < -0.39 is 77.9 Å². The standard InChI is InChI=1S/C28H29F9N2O4/c1-5-10-43-24(41)39-21-9-7-6-8-19(21)20(14-22(39)28(35,36)37)25(2,3)38(23(40)42-4)15-16-11-17(26(29,30)31)13-18(12-16)27(32,33)34/h6-9,11-13,20,22H,5,10,14-15H2,1-4H3. The lowest BCUT2D eigenvalue weighted by Gasteiger charge is -2.49. The number of benzene rings is 2. The SMILES string of the molecule is CCCOC(=O)N1c2ccccc2C(C(C)(C)N(Cc2cc(C(F)(F)F)cc(C(F)(F)F)c2)C(=O)OC)CC1C(F)(F)F. The van der Waals surface area contributed by atoms with Crippen LogP contribution in [0, 0.1) is 0 Å². The lowest BCUT2D eigenvalue weighted by atomic mass is 9.73. The summed E-state index contributed by atoms with van der Waals surface area (Å²) < 4.78 is 134. The van der Waals surface area contributed by atoms with Crippen LogP contribution in [0.15, 0.2) is 42.5 Å². The molecule has 2 amide bonds. The molecule has 1 aliphatic rings. The molecule has 0 aromatic heterocycles. The van der Waals surface area contributed by atoms with Crippen molar-refractivity contribution in [1.29, 1.82) is 0 Å². The molecule has 0 saturated carbocycles. The van der Waals surface area contributed by atoms with E-state index in [1.54, 1.807) is 6.92 Å². The smallest absolute Gasteiger partial charge is 0.416 e. The van der Waals surface area contributed by atoms with Gasteiger partial charge in [-0.25, -0.2) is 9.59 Å². The van der Waals surface area contributed by atoms with E-state index in [1.807, 2.05) is 0 Å². The highest BCUT2D eigenvalue weighted by Crippen LogP contribution is 2.50. The molecule has 2 aromatic rings. The van der Waals surface area contributed by atoms with E-state index in [4.69, 9.17) is 9.47 Å². The Balaban J connectivity index is 2.17. The fourth-order valence-corrected chi connectivity index (χ4v) is 5.15. The molecule has 2 aromatic carbocycles. The van der Waals surface area contributed by atoms with Gasteiger partial charge in [-0.1, -0.05) is 25.1 Å². The minimum atomic E-state index is -5.17. The normalized spacial score (nSPS) is 17.7. The maximum Gasteiger partial charge on any atom is 0.416 e. The second-order valence-corrected chi connectivity index (χ2v) is 10.5. The van der Waals surface area contributed by atoms with Crippen molar-refractivity contribution in [2.24, 2.45) is 0 Å². The molecular formula is C28H29F9N2O4. The third-order valence-corrected chi connectivity index (χ3v) is 7.28. The summed E-state index contributed by atoms with van der Waals surface area (Å²) in [5.41, 5.74) is -5.53. The van der Waals surface area contributed by atoms with Crippen LogP contribution in [0.4, 0.5) is 54.8 Å². The van der Waals surface area contributed by atoms with Gasteiger partial charge in [-0.3, -0.25) is 9.80 Å². The Kier molecular flexibility index (Phi) is 9.57. The summed E-state index contributed by atoms with van der Waals surface area (Å²) in [5, 5.41) is 0. The first kappa shape index (κ1) is 33.8. The van der Waals surface area contributed by atoms with Crippen molar-refractivity contribution in [3.05, 3.63) is 64.7 Å². The number of halogens is 9. The van der Waals surface area contributed by atoms with Crippen molar-refractivity contribution < 1.29 is 58.6 Å². The zero-order valence-electron chi connectivity index (χ0n) is 23.5. The van der Waals surface area contributed by atoms with Crippen LogP contribution in [0.5, 0.6) is 0 Å². The summed E-state index contributed by atoms with van der Waals surface area (Å²) in [5.74, 6) is -1.22. The van der Waals surface area contributed by atoms with Crippen LogP contribution in [-0.4, -0.2) is 48.6 Å². The summed E-state index contributed by atoms with van der Waals surface area (Å²) >= 11 is 0. The monoisotopic (exact) mass is 628 g/mol. The predicted octanol–water partition coefficient (Wildman–Crippen LogP) is 8.54. The second kappa shape index (κ2) is 12.2. The summed E-state index contributed by atoms with van der Waals surface area (Å²) in [6, 6.07) is 3.91. The quantitative estimate of drug-likeness (QED) is 0.301. The van der Waals surface area contributed by atoms with Gasteiger partial charge in [-0.05, 0) is 62.1 Å². The Labute approximate surface area is 241 Å². The van der Waals surface area contributed by atoms with Crippen molar-refractivity contribution in [2.45, 2.75) is 76.2 Å². The van der Waals surface area contributed by atoms with Crippen molar-refractivity contribution in [1.82, 2.24) is 4.90 Å². The molecule has 1 aliphatic heterocycles. The molecule has 0 aliphatic carbocycles. The predicted molar refractivity (Wildman–Crippen MR) is 136 cm³/mol. The molecule has 0 radical (unpaired) electrons. The number of hydrogen-bond acceptors (Lipinski definition) is 4. The van der Waals surface area contributed by atoms with Crippen molar-refractivity contribution in [3.63, 3.8) is 0 Å². The van der Waals surface area contributed by atoms with Crippen molar-refractivity contribution in [2.75, 3.05) is 18.6 Å². The van der Waals surface area contributed by atoms with Gasteiger partial charge in [0.2, 0.25) is 0 Å². The number of fused-ring (bicyclic) bond motifs is 1. The molecule has 2 unspecified atom stereocenters. The van der Waals surface area contributed by atoms with E-state index >= 15 is 0 Å². The number of ether oxygens (including phenoxy) is 2. The van der Waals surface area contributed by atoms with Gasteiger partial charge < -0.3 is 9.47 Å². The maximum absolute atomic E-state index is 14.4. The van der Waals surface area contributed by atoms with Gasteiger partial charge in [0.1, 0.15) is 6.04 Å². The lowest BCUT2D eigenvalue weighted by Crippen LogP contribution is -2.58. The first-order chi connectivity index (χ1) is 19.7. The number of hydrogen-bond donors (Lipinski definition) is 0. The van der Waals surface area contributed by atoms with E-state index in [0.717, 1.165) is 12.0 Å². The summed E-state index contributed by atoms with van der Waals surface area (Å²) in [7, 11) is 0.914. The molecule has 2 atom stereocenters. The second-order valence-electron chi connectivity index (χ2n) is 10.5. The van der Waals surface area contributed by atoms with Crippen LogP contribution < -0.4 is 4.90 Å². The van der Waals surface area contributed by atoms with Gasteiger partial charge in [0.25, 0.3) is 0 Å². The molecule has 6 nitrogen and oxygen atoms in total. The van der Waals surface area contributed by atoms with Crippen LogP contribution in [0.1, 0.15) is 61.8 Å². The first-order valence-electron chi connectivity index (χ1n) is 13.0. The number of nitrogens with zero attached hydrogens (tertiary/aromatic N) is 2. The fourth-order valence-electron chi connectivity index (χ4n) is 5.15. The molecule has 15 heteroatoms. The summed E-state index contributed by atoms with van der Waals surface area (Å²) in [4.78, 5) is 27.1. The molecular weight excluding hydrogens is 599 g/mol. The highest BCUT2D eigenvalue weighted by Gasteiger charge is 2.55. The molecule has 0 fully saturated rings. The first-order valence-corrected chi connectivity index (χ1v) is 13.0. The zero-order valence-corrected chi connectivity index (χ0v) is 23.5. The lowest BCUT2D eigenvalue weighted by molar-refractivity contribution is -0.153. The summed E-state index contributed by atoms with van der Waals surface area (Å²) in [6.07, 6.45) is -18.2. The van der Waals surface area contributed by atoms with Crippen molar-refractivity contribution in [3.8, 4) is 0 Å². The zero-order chi connectivity index (χ0) is 32.5. The number of carbonyl (C=O) groups excluding carboxylic acids is 2. The van der Waals surface area contributed by atoms with Gasteiger partial charge in [0.05, 0.1) is 30.5 Å². The molecule has 0 N–H and O–H groups in total. The number of anilines is 1. The van der Waals surface area contributed by atoms with Gasteiger partial charge in [-0.15, -0.1) is 0 Å². The third-order valence-electron chi connectivity index (χ3n) is 7.28. The minimum absolute atomic E-state index is 0.0748. The number of amides is 2. The molecule has 0 saturated heterocycles. The Morgan fingerprint density at radius 2 is 1.49 bits per heavy atom. The topological polar surface area (TPSA) is 59.1 Å². The number of carbonyl (C=O) groups is 2. The van der Waals surface area contributed by atoms with Crippen LogP contribution >= 0.6 is 0 Å². The maximum atomic E-state index is 14.4. The van der Waals surface area contributed by atoms with Gasteiger partial charge >= 0.3 is 30.7 Å². The largest absolute Gasteiger partial charge is 0.453 e. The van der Waals surface area contributed by atoms with Gasteiger partial charge in [-0.2, -0.15) is 39.5 Å². The van der Waals surface area contributed by atoms with Crippen LogP contribution in [0.3, 0.4) is 0 Å². The van der Waals surface area contributed by atoms with Crippen LogP contribution in [0.25, 0.3) is 0 Å². The Bertz CT molecular complexity index is 1290. The Hall–Kier alpha value is -3.65. The van der Waals surface area contributed by atoms with Crippen LogP contribution in [0.2, 0.25) is 0 Å². The average molecular weight is 629 g/mol. The number of methoxy groups -OCH3 is 1. The Morgan fingerprint density at radius 1 is 0.930 bits per heavy atom. The van der Waals surface area contributed by atoms with E-state index in [1.165, 1.54) is 38.1 Å². The van der Waals surface area contributed by atoms with E-state index in [0.29, 0.717) is 23.5 Å². The van der Waals surface area contributed by atoms with Crippen LogP contribution in [-0.2, 0) is 28.4 Å². The molecule has 1 heterocycles. The van der Waals surface area contributed by atoms with E-state index in [2.05, 4.69) is 0 Å². The van der Waals surface area contributed by atoms with E-state index in [9.17, 15) is 49.1 Å². The van der Waals surface area contributed by atoms with Gasteiger partial charge in [0, 0.05) is 18.0 Å². The average Bonchev–Trinajstić information content (AvgIpc) is 2.91. The summed E-state index contributed by atoms with van der Waals surface area (Å²) in [6.45, 7) is 3.28. The minimum Gasteiger partial charge on any atom is -0.453 e.